The molecule has 0 N–H and O–H groups in total. The Morgan fingerprint density at radius 3 is 1.78 bits per heavy atom. The van der Waals surface area contributed by atoms with Gasteiger partial charge in [-0.1, -0.05) is 139 Å². The lowest BCUT2D eigenvalue weighted by Gasteiger charge is -2.50. The van der Waals surface area contributed by atoms with Crippen molar-refractivity contribution in [2.45, 2.75) is 38.6 Å². The second-order valence-electron chi connectivity index (χ2n) is 17.0. The lowest BCUT2D eigenvalue weighted by molar-refractivity contribution is 0.336. The predicted molar refractivity (Wildman–Crippen MR) is 245 cm³/mol. The second-order valence-corrected chi connectivity index (χ2v) is 17.0. The zero-order valence-electron chi connectivity index (χ0n) is 33.2. The van der Waals surface area contributed by atoms with E-state index in [-0.39, 0.29) is 6.71 Å². The van der Waals surface area contributed by atoms with Crippen molar-refractivity contribution >= 4 is 73.3 Å². The molecule has 1 aromatic heterocycles. The van der Waals surface area contributed by atoms with Crippen LogP contribution in [0.4, 0.5) is 28.4 Å². The number of rotatable bonds is 5. The molecular weight excluding hydrogens is 701 g/mol. The van der Waals surface area contributed by atoms with Gasteiger partial charge in [0.2, 0.25) is 0 Å². The van der Waals surface area contributed by atoms with Crippen molar-refractivity contribution in [1.82, 2.24) is 4.57 Å². The Hall–Kier alpha value is -6.78. The minimum atomic E-state index is -0.506. The molecule has 3 nitrogen and oxygen atoms in total. The molecule has 8 aromatic carbocycles. The van der Waals surface area contributed by atoms with Crippen LogP contribution in [0, 0.1) is 13.8 Å². The van der Waals surface area contributed by atoms with Crippen molar-refractivity contribution < 1.29 is 0 Å². The fourth-order valence-electron chi connectivity index (χ4n) is 11.3. The topological polar surface area (TPSA) is 11.4 Å². The molecule has 0 saturated heterocycles. The third-order valence-corrected chi connectivity index (χ3v) is 13.9. The standard InChI is InChI=1S/C54H42BN3/c1-35-28-29-47-42(30-35)43-31-36(2)32-46-51(43)57(47)48-33-41(56(39-22-13-7-14-23-39)40-24-15-8-16-25-40)34-49-50(48)55(46)45-27-17-26-44-52(45)58(49)54(4,38-20-11-6-12-21-38)53(44,3)37-18-9-5-10-19-37/h5-34H,1-4H3. The molecule has 4 heteroatoms. The predicted octanol–water partition coefficient (Wildman–Crippen LogP) is 11.4. The Labute approximate surface area is 340 Å². The molecule has 276 valence electrons. The Bertz CT molecular complexity index is 3080. The highest BCUT2D eigenvalue weighted by Gasteiger charge is 2.62. The minimum absolute atomic E-state index is 0.0469. The van der Waals surface area contributed by atoms with Gasteiger partial charge in [0.1, 0.15) is 0 Å². The highest BCUT2D eigenvalue weighted by atomic mass is 15.3. The molecule has 0 amide bonds. The smallest absolute Gasteiger partial charge is 0.252 e. The van der Waals surface area contributed by atoms with E-state index >= 15 is 0 Å². The number of fused-ring (bicyclic) bond motifs is 7. The van der Waals surface area contributed by atoms with Crippen molar-refractivity contribution in [2.75, 3.05) is 9.80 Å². The van der Waals surface area contributed by atoms with E-state index in [1.54, 1.807) is 0 Å². The summed E-state index contributed by atoms with van der Waals surface area (Å²) in [5, 5.41) is 2.64. The van der Waals surface area contributed by atoms with Gasteiger partial charge < -0.3 is 14.4 Å². The van der Waals surface area contributed by atoms with Crippen LogP contribution in [-0.4, -0.2) is 11.3 Å². The van der Waals surface area contributed by atoms with Gasteiger partial charge in [-0.3, -0.25) is 0 Å². The SMILES string of the molecule is Cc1ccc2c(c1)c1cc(C)cc3c1n2-c1cc(N(c2ccccc2)c2ccccc2)cc2c1B3c1cccc3c1N2C(C)(c1ccccc1)C3(C)c1ccccc1. The monoisotopic (exact) mass is 743 g/mol. The van der Waals surface area contributed by atoms with Gasteiger partial charge >= 0.3 is 0 Å². The molecule has 9 aromatic rings. The number of nitrogens with zero attached hydrogens (tertiary/aromatic N) is 3. The van der Waals surface area contributed by atoms with Gasteiger partial charge in [-0.05, 0) is 115 Å². The molecule has 0 saturated carbocycles. The van der Waals surface area contributed by atoms with E-state index < -0.39 is 11.0 Å². The van der Waals surface area contributed by atoms with E-state index in [4.69, 9.17) is 0 Å². The number of para-hydroxylation sites is 3. The van der Waals surface area contributed by atoms with Crippen molar-refractivity contribution in [1.29, 1.82) is 0 Å². The van der Waals surface area contributed by atoms with Gasteiger partial charge in [0.05, 0.1) is 16.7 Å². The first kappa shape index (κ1) is 33.4. The van der Waals surface area contributed by atoms with Crippen molar-refractivity contribution in [3.63, 3.8) is 0 Å². The van der Waals surface area contributed by atoms with Crippen molar-refractivity contribution in [3.8, 4) is 5.69 Å². The molecule has 0 fully saturated rings. The van der Waals surface area contributed by atoms with Crippen molar-refractivity contribution in [3.05, 3.63) is 210 Å². The van der Waals surface area contributed by atoms with Crippen molar-refractivity contribution in [2.24, 2.45) is 0 Å². The average Bonchev–Trinajstić information content (AvgIpc) is 3.69. The van der Waals surface area contributed by atoms with Crippen LogP contribution in [-0.2, 0) is 11.0 Å². The lowest BCUT2D eigenvalue weighted by atomic mass is 9.33. The van der Waals surface area contributed by atoms with E-state index in [0.717, 1.165) is 17.1 Å². The van der Waals surface area contributed by atoms with Crippen LogP contribution in [0.3, 0.4) is 0 Å². The number of aromatic nitrogens is 1. The van der Waals surface area contributed by atoms with E-state index in [9.17, 15) is 0 Å². The zero-order chi connectivity index (χ0) is 38.9. The third kappa shape index (κ3) is 4.19. The molecule has 0 aliphatic carbocycles. The summed E-state index contributed by atoms with van der Waals surface area (Å²) in [5.74, 6) is 0. The molecule has 2 unspecified atom stereocenters. The molecule has 2 atom stereocenters. The summed E-state index contributed by atoms with van der Waals surface area (Å²) < 4.78 is 2.60. The number of hydrogen-bond donors (Lipinski definition) is 0. The molecule has 0 bridgehead atoms. The second kappa shape index (κ2) is 11.9. The average molecular weight is 744 g/mol. The maximum atomic E-state index is 2.76. The van der Waals surface area contributed by atoms with E-state index in [2.05, 4.69) is 224 Å². The molecular formula is C54H42BN3. The Kier molecular flexibility index (Phi) is 6.83. The molecule has 0 spiro atoms. The van der Waals surface area contributed by atoms with E-state index in [0.29, 0.717) is 0 Å². The number of benzene rings is 8. The van der Waals surface area contributed by atoms with E-state index in [1.165, 1.54) is 83.1 Å². The molecule has 58 heavy (non-hydrogen) atoms. The van der Waals surface area contributed by atoms with Gasteiger partial charge in [0.15, 0.2) is 0 Å². The highest BCUT2D eigenvalue weighted by Crippen LogP contribution is 2.63. The maximum absolute atomic E-state index is 2.76. The van der Waals surface area contributed by atoms with Crippen LogP contribution in [0.5, 0.6) is 0 Å². The van der Waals surface area contributed by atoms with Gasteiger partial charge in [-0.25, -0.2) is 0 Å². The first-order chi connectivity index (χ1) is 28.4. The Morgan fingerprint density at radius 2 is 1.10 bits per heavy atom. The molecule has 0 radical (unpaired) electrons. The van der Waals surface area contributed by atoms with Gasteiger partial charge in [0, 0.05) is 50.1 Å². The van der Waals surface area contributed by atoms with Gasteiger partial charge in [-0.2, -0.15) is 0 Å². The van der Waals surface area contributed by atoms with Crippen LogP contribution in [0.25, 0.3) is 27.5 Å². The third-order valence-electron chi connectivity index (χ3n) is 13.9. The normalized spacial score (nSPS) is 18.4. The van der Waals surface area contributed by atoms with Crippen LogP contribution in [0.15, 0.2) is 182 Å². The quantitative estimate of drug-likeness (QED) is 0.163. The number of aryl methyl sites for hydroxylation is 2. The first-order valence-electron chi connectivity index (χ1n) is 20.6. The summed E-state index contributed by atoms with van der Waals surface area (Å²) in [6, 6.07) is 68.3. The number of anilines is 5. The van der Waals surface area contributed by atoms with Crippen LogP contribution < -0.4 is 26.2 Å². The zero-order valence-corrected chi connectivity index (χ0v) is 33.2. The molecule has 3 aliphatic rings. The molecule has 4 heterocycles. The lowest BCUT2D eigenvalue weighted by Crippen LogP contribution is -2.63. The maximum Gasteiger partial charge on any atom is 0.252 e. The molecule has 12 rings (SSSR count). The summed E-state index contributed by atoms with van der Waals surface area (Å²) >= 11 is 0. The number of hydrogen-bond acceptors (Lipinski definition) is 2. The first-order valence-corrected chi connectivity index (χ1v) is 20.6. The summed E-state index contributed by atoms with van der Waals surface area (Å²) in [6.45, 7) is 9.53. The highest BCUT2D eigenvalue weighted by molar-refractivity contribution is 7.00. The summed E-state index contributed by atoms with van der Waals surface area (Å²) in [7, 11) is 0. The van der Waals surface area contributed by atoms with Crippen LogP contribution >= 0.6 is 0 Å². The van der Waals surface area contributed by atoms with Gasteiger partial charge in [-0.15, -0.1) is 0 Å². The van der Waals surface area contributed by atoms with Gasteiger partial charge in [0.25, 0.3) is 6.71 Å². The molecule has 3 aliphatic heterocycles. The Balaban J connectivity index is 1.28. The van der Waals surface area contributed by atoms with Crippen LogP contribution in [0.1, 0.15) is 41.7 Å². The summed E-state index contributed by atoms with van der Waals surface area (Å²) in [6.07, 6.45) is 0. The Morgan fingerprint density at radius 1 is 0.500 bits per heavy atom. The summed E-state index contributed by atoms with van der Waals surface area (Å²) in [4.78, 5) is 5.21. The fourth-order valence-corrected chi connectivity index (χ4v) is 11.3. The minimum Gasteiger partial charge on any atom is -0.331 e. The van der Waals surface area contributed by atoms with E-state index in [1.807, 2.05) is 0 Å². The largest absolute Gasteiger partial charge is 0.331 e. The van der Waals surface area contributed by atoms with Crippen LogP contribution in [0.2, 0.25) is 0 Å². The summed E-state index contributed by atoms with van der Waals surface area (Å²) in [5.41, 5.74) is 19.6. The fraction of sp³-hybridized carbons (Fsp3) is 0.111.